The third-order valence-corrected chi connectivity index (χ3v) is 4.63. The van der Waals surface area contributed by atoms with Crippen LogP contribution in [0.25, 0.3) is 0 Å². The summed E-state index contributed by atoms with van der Waals surface area (Å²) < 4.78 is 0. The molecule has 0 aromatic carbocycles. The summed E-state index contributed by atoms with van der Waals surface area (Å²) in [6.07, 6.45) is 14.1. The monoisotopic (exact) mass is 269 g/mol. The van der Waals surface area contributed by atoms with Crippen LogP contribution in [0.3, 0.4) is 0 Å². The van der Waals surface area contributed by atoms with Crippen molar-refractivity contribution < 1.29 is 0 Å². The van der Waals surface area contributed by atoms with E-state index in [1.54, 1.807) is 0 Å². The smallest absolute Gasteiger partial charge is 0.00217 e. The van der Waals surface area contributed by atoms with Crippen LogP contribution >= 0.6 is 0 Å². The minimum absolute atomic E-state index is 0.609. The number of rotatable bonds is 13. The van der Waals surface area contributed by atoms with E-state index >= 15 is 0 Å². The van der Waals surface area contributed by atoms with Crippen LogP contribution in [0.5, 0.6) is 0 Å². The molecular formula is C18H39N. The lowest BCUT2D eigenvalue weighted by atomic mass is 9.76. The first kappa shape index (κ1) is 19.0. The fraction of sp³-hybridized carbons (Fsp3) is 1.00. The summed E-state index contributed by atoms with van der Waals surface area (Å²) in [6, 6.07) is 0. The average molecular weight is 270 g/mol. The van der Waals surface area contributed by atoms with E-state index in [0.29, 0.717) is 5.41 Å². The molecule has 1 atom stereocenters. The molecule has 0 spiro atoms. The Balaban J connectivity index is 4.02. The van der Waals surface area contributed by atoms with Gasteiger partial charge >= 0.3 is 0 Å². The summed E-state index contributed by atoms with van der Waals surface area (Å²) in [7, 11) is 2.24. The van der Waals surface area contributed by atoms with Crippen LogP contribution < -0.4 is 0 Å². The number of nitrogens with zero attached hydrogens (tertiary/aromatic N) is 1. The summed E-state index contributed by atoms with van der Waals surface area (Å²) in [5.41, 5.74) is 0.609. The van der Waals surface area contributed by atoms with Gasteiger partial charge in [-0.05, 0) is 51.2 Å². The molecule has 0 saturated carbocycles. The van der Waals surface area contributed by atoms with Gasteiger partial charge in [-0.1, -0.05) is 66.2 Å². The zero-order chi connectivity index (χ0) is 14.6. The van der Waals surface area contributed by atoms with Crippen molar-refractivity contribution >= 4 is 0 Å². The molecule has 1 nitrogen and oxygen atoms in total. The minimum atomic E-state index is 0.609. The van der Waals surface area contributed by atoms with Gasteiger partial charge in [0.2, 0.25) is 0 Å². The maximum absolute atomic E-state index is 2.54. The van der Waals surface area contributed by atoms with Crippen LogP contribution in [0.15, 0.2) is 0 Å². The second-order valence-electron chi connectivity index (χ2n) is 6.72. The zero-order valence-corrected chi connectivity index (χ0v) is 14.4. The second-order valence-corrected chi connectivity index (χ2v) is 6.72. The van der Waals surface area contributed by atoms with Gasteiger partial charge in [-0.3, -0.25) is 0 Å². The van der Waals surface area contributed by atoms with E-state index in [9.17, 15) is 0 Å². The van der Waals surface area contributed by atoms with Crippen molar-refractivity contribution in [1.82, 2.24) is 4.90 Å². The third-order valence-electron chi connectivity index (χ3n) is 4.63. The van der Waals surface area contributed by atoms with Crippen LogP contribution in [-0.2, 0) is 0 Å². The van der Waals surface area contributed by atoms with Crippen LogP contribution in [0.2, 0.25) is 0 Å². The highest BCUT2D eigenvalue weighted by Crippen LogP contribution is 2.35. The van der Waals surface area contributed by atoms with Crippen molar-refractivity contribution in [3.8, 4) is 0 Å². The first-order valence-corrected chi connectivity index (χ1v) is 8.76. The number of hydrogen-bond donors (Lipinski definition) is 0. The topological polar surface area (TPSA) is 3.24 Å². The van der Waals surface area contributed by atoms with Crippen molar-refractivity contribution in [1.29, 1.82) is 0 Å². The largest absolute Gasteiger partial charge is 0.307 e. The highest BCUT2D eigenvalue weighted by atomic mass is 15.1. The molecular weight excluding hydrogens is 230 g/mol. The van der Waals surface area contributed by atoms with Gasteiger partial charge in [0.25, 0.3) is 0 Å². The van der Waals surface area contributed by atoms with Crippen molar-refractivity contribution in [2.75, 3.05) is 20.1 Å². The molecule has 19 heavy (non-hydrogen) atoms. The highest BCUT2D eigenvalue weighted by molar-refractivity contribution is 4.75. The number of hydrogen-bond acceptors (Lipinski definition) is 1. The molecule has 0 amide bonds. The predicted molar refractivity (Wildman–Crippen MR) is 88.8 cm³/mol. The van der Waals surface area contributed by atoms with Gasteiger partial charge < -0.3 is 4.90 Å². The average Bonchev–Trinajstić information content (AvgIpc) is 2.41. The van der Waals surface area contributed by atoms with Gasteiger partial charge in [-0.15, -0.1) is 0 Å². The highest BCUT2D eigenvalue weighted by Gasteiger charge is 2.22. The molecule has 0 aliphatic rings. The molecule has 0 aromatic rings. The Bertz CT molecular complexity index is 190. The van der Waals surface area contributed by atoms with Gasteiger partial charge in [-0.25, -0.2) is 0 Å². The van der Waals surface area contributed by atoms with Crippen LogP contribution in [-0.4, -0.2) is 25.0 Å². The molecule has 0 aromatic heterocycles. The van der Waals surface area contributed by atoms with Gasteiger partial charge in [0.1, 0.15) is 0 Å². The van der Waals surface area contributed by atoms with E-state index in [0.717, 1.165) is 0 Å². The van der Waals surface area contributed by atoms with Crippen LogP contribution in [0, 0.1) is 5.41 Å². The fourth-order valence-electron chi connectivity index (χ4n) is 2.89. The van der Waals surface area contributed by atoms with Crippen molar-refractivity contribution in [3.63, 3.8) is 0 Å². The first-order valence-electron chi connectivity index (χ1n) is 8.76. The van der Waals surface area contributed by atoms with Crippen LogP contribution in [0.4, 0.5) is 0 Å². The molecule has 0 N–H and O–H groups in total. The fourth-order valence-corrected chi connectivity index (χ4v) is 2.89. The van der Waals surface area contributed by atoms with Crippen molar-refractivity contribution in [2.45, 2.75) is 91.9 Å². The van der Waals surface area contributed by atoms with Crippen molar-refractivity contribution in [3.05, 3.63) is 0 Å². The maximum atomic E-state index is 2.54. The van der Waals surface area contributed by atoms with E-state index < -0.39 is 0 Å². The summed E-state index contributed by atoms with van der Waals surface area (Å²) >= 11 is 0. The quantitative estimate of drug-likeness (QED) is 0.377. The zero-order valence-electron chi connectivity index (χ0n) is 14.4. The Morgan fingerprint density at radius 1 is 0.737 bits per heavy atom. The molecule has 0 fully saturated rings. The summed E-state index contributed by atoms with van der Waals surface area (Å²) in [5, 5.41) is 0. The van der Waals surface area contributed by atoms with Gasteiger partial charge in [0.05, 0.1) is 0 Å². The lowest BCUT2D eigenvalue weighted by molar-refractivity contribution is 0.212. The standard InChI is InChI=1S/C18H39N/c1-6-9-11-12-15-18(4,14-10-7-2)16-13-17-19(5)8-3/h6-17H2,1-5H3. The van der Waals surface area contributed by atoms with Gasteiger partial charge in [-0.2, -0.15) is 0 Å². The van der Waals surface area contributed by atoms with Crippen LogP contribution in [0.1, 0.15) is 91.9 Å². The molecule has 0 radical (unpaired) electrons. The Labute approximate surface area is 123 Å². The minimum Gasteiger partial charge on any atom is -0.307 e. The summed E-state index contributed by atoms with van der Waals surface area (Å²) in [5.74, 6) is 0. The second kappa shape index (κ2) is 11.8. The van der Waals surface area contributed by atoms with E-state index in [1.807, 2.05) is 0 Å². The summed E-state index contributed by atoms with van der Waals surface area (Å²) in [4.78, 5) is 2.44. The molecule has 0 aliphatic heterocycles. The molecule has 0 bridgehead atoms. The molecule has 1 unspecified atom stereocenters. The first-order chi connectivity index (χ1) is 9.08. The molecule has 0 saturated heterocycles. The van der Waals surface area contributed by atoms with Gasteiger partial charge in [0, 0.05) is 0 Å². The lowest BCUT2D eigenvalue weighted by Crippen LogP contribution is -2.22. The Hall–Kier alpha value is -0.0400. The Morgan fingerprint density at radius 3 is 1.89 bits per heavy atom. The SMILES string of the molecule is CCCCCCC(C)(CCCC)CCCN(C)CC. The third kappa shape index (κ3) is 10.4. The maximum Gasteiger partial charge on any atom is -0.00217 e. The molecule has 0 rings (SSSR count). The van der Waals surface area contributed by atoms with E-state index in [2.05, 4.69) is 39.6 Å². The van der Waals surface area contributed by atoms with Crippen molar-refractivity contribution in [2.24, 2.45) is 5.41 Å². The Morgan fingerprint density at radius 2 is 1.32 bits per heavy atom. The normalized spacial score (nSPS) is 14.8. The summed E-state index contributed by atoms with van der Waals surface area (Å²) in [6.45, 7) is 11.9. The molecule has 1 heteroatoms. The molecule has 116 valence electrons. The van der Waals surface area contributed by atoms with Gasteiger partial charge in [0.15, 0.2) is 0 Å². The Kier molecular flexibility index (Phi) is 11.7. The number of unbranched alkanes of at least 4 members (excludes halogenated alkanes) is 4. The molecule has 0 aliphatic carbocycles. The lowest BCUT2D eigenvalue weighted by Gasteiger charge is -2.31. The predicted octanol–water partition coefficient (Wildman–Crippen LogP) is 5.89. The van der Waals surface area contributed by atoms with E-state index in [-0.39, 0.29) is 0 Å². The molecule has 0 heterocycles. The van der Waals surface area contributed by atoms with E-state index in [4.69, 9.17) is 0 Å². The van der Waals surface area contributed by atoms with E-state index in [1.165, 1.54) is 77.3 Å².